The van der Waals surface area contributed by atoms with E-state index in [1.165, 1.54) is 38.6 Å². The SMILES string of the molecule is COC1C(O)CCC2CC3C4CC5OCOC5CC4CCN3CC21. The van der Waals surface area contributed by atoms with E-state index in [1.807, 2.05) is 0 Å². The average Bonchev–Trinajstić information content (AvgIpc) is 3.05. The zero-order chi connectivity index (χ0) is 16.3. The Morgan fingerprint density at radius 3 is 2.58 bits per heavy atom. The van der Waals surface area contributed by atoms with Crippen molar-refractivity contribution < 1.29 is 19.3 Å². The molecule has 3 aliphatic heterocycles. The Kier molecular flexibility index (Phi) is 4.14. The van der Waals surface area contributed by atoms with Crippen molar-refractivity contribution in [3.05, 3.63) is 0 Å². The Labute approximate surface area is 144 Å². The molecule has 5 heteroatoms. The summed E-state index contributed by atoms with van der Waals surface area (Å²) < 4.78 is 17.3. The van der Waals surface area contributed by atoms with Gasteiger partial charge in [-0.3, -0.25) is 4.90 Å². The molecule has 0 spiro atoms. The molecular weight excluding hydrogens is 306 g/mol. The fourth-order valence-corrected chi connectivity index (χ4v) is 6.70. The summed E-state index contributed by atoms with van der Waals surface area (Å²) in [5.41, 5.74) is 0. The van der Waals surface area contributed by atoms with E-state index in [0.717, 1.165) is 30.7 Å². The summed E-state index contributed by atoms with van der Waals surface area (Å²) in [5.74, 6) is 2.82. The first-order valence-corrected chi connectivity index (χ1v) is 9.92. The van der Waals surface area contributed by atoms with Crippen LogP contribution in [0.2, 0.25) is 0 Å². The lowest BCUT2D eigenvalue weighted by Gasteiger charge is -2.57. The maximum Gasteiger partial charge on any atom is 0.147 e. The topological polar surface area (TPSA) is 51.2 Å². The molecule has 3 heterocycles. The second-order valence-electron chi connectivity index (χ2n) is 8.78. The van der Waals surface area contributed by atoms with Crippen molar-refractivity contribution in [1.82, 2.24) is 4.90 Å². The molecule has 5 rings (SSSR count). The Bertz CT molecular complexity index is 474. The molecule has 2 aliphatic carbocycles. The van der Waals surface area contributed by atoms with Gasteiger partial charge in [0.1, 0.15) is 6.79 Å². The van der Waals surface area contributed by atoms with Gasteiger partial charge in [-0.25, -0.2) is 0 Å². The minimum atomic E-state index is -0.273. The Morgan fingerprint density at radius 2 is 1.75 bits per heavy atom. The Balaban J connectivity index is 1.34. The van der Waals surface area contributed by atoms with Crippen LogP contribution in [0.4, 0.5) is 0 Å². The first kappa shape index (κ1) is 16.0. The number of aliphatic hydroxyl groups is 1. The van der Waals surface area contributed by atoms with Gasteiger partial charge in [0, 0.05) is 25.6 Å². The third-order valence-corrected chi connectivity index (χ3v) is 7.88. The summed E-state index contributed by atoms with van der Waals surface area (Å²) in [6.07, 6.45) is 7.50. The number of methoxy groups -OCH3 is 1. The van der Waals surface area contributed by atoms with E-state index in [1.54, 1.807) is 7.11 Å². The second kappa shape index (κ2) is 6.20. The fourth-order valence-electron chi connectivity index (χ4n) is 6.70. The molecule has 9 atom stereocenters. The molecule has 0 amide bonds. The van der Waals surface area contributed by atoms with E-state index in [0.29, 0.717) is 31.0 Å². The number of hydrogen-bond donors (Lipinski definition) is 1. The van der Waals surface area contributed by atoms with E-state index >= 15 is 0 Å². The maximum atomic E-state index is 10.3. The molecule has 24 heavy (non-hydrogen) atoms. The lowest BCUT2D eigenvalue weighted by atomic mass is 9.62. The zero-order valence-electron chi connectivity index (χ0n) is 14.7. The van der Waals surface area contributed by atoms with E-state index in [-0.39, 0.29) is 12.2 Å². The molecule has 0 aromatic rings. The number of piperidine rings is 2. The Morgan fingerprint density at radius 1 is 0.958 bits per heavy atom. The van der Waals surface area contributed by atoms with Gasteiger partial charge >= 0.3 is 0 Å². The van der Waals surface area contributed by atoms with Gasteiger partial charge < -0.3 is 19.3 Å². The van der Waals surface area contributed by atoms with Gasteiger partial charge in [0.25, 0.3) is 0 Å². The maximum absolute atomic E-state index is 10.3. The number of ether oxygens (including phenoxy) is 3. The predicted molar refractivity (Wildman–Crippen MR) is 88.4 cm³/mol. The number of fused-ring (bicyclic) bond motifs is 5. The van der Waals surface area contributed by atoms with Crippen molar-refractivity contribution in [2.75, 3.05) is 27.0 Å². The minimum Gasteiger partial charge on any atom is -0.390 e. The van der Waals surface area contributed by atoms with Crippen LogP contribution in [0.1, 0.15) is 38.5 Å². The van der Waals surface area contributed by atoms with E-state index in [9.17, 15) is 5.11 Å². The third kappa shape index (κ3) is 2.47. The first-order valence-electron chi connectivity index (χ1n) is 9.92. The van der Waals surface area contributed by atoms with Crippen LogP contribution in [0.5, 0.6) is 0 Å². The van der Waals surface area contributed by atoms with Crippen LogP contribution in [-0.4, -0.2) is 67.5 Å². The summed E-state index contributed by atoms with van der Waals surface area (Å²) in [6, 6.07) is 0.711. The van der Waals surface area contributed by atoms with Crippen molar-refractivity contribution in [3.63, 3.8) is 0 Å². The van der Waals surface area contributed by atoms with Gasteiger partial charge in [-0.05, 0) is 62.8 Å². The molecular formula is C19H31NO4. The van der Waals surface area contributed by atoms with Crippen LogP contribution in [0.3, 0.4) is 0 Å². The van der Waals surface area contributed by atoms with Crippen LogP contribution in [0, 0.1) is 23.7 Å². The zero-order valence-corrected chi connectivity index (χ0v) is 14.7. The second-order valence-corrected chi connectivity index (χ2v) is 8.78. The van der Waals surface area contributed by atoms with Crippen molar-refractivity contribution in [2.24, 2.45) is 23.7 Å². The molecule has 0 aromatic carbocycles. The van der Waals surface area contributed by atoms with Gasteiger partial charge in [0.05, 0.1) is 24.4 Å². The molecule has 5 nitrogen and oxygen atoms in total. The van der Waals surface area contributed by atoms with Gasteiger partial charge in [-0.2, -0.15) is 0 Å². The summed E-state index contributed by atoms with van der Waals surface area (Å²) in [5, 5.41) is 10.3. The number of aliphatic hydroxyl groups excluding tert-OH is 1. The molecule has 0 radical (unpaired) electrons. The fraction of sp³-hybridized carbons (Fsp3) is 1.00. The standard InChI is InChI=1S/C19H31NO4/c1-22-19-14-9-20-5-4-12-7-17-18(24-10-23-17)8-13(12)15(20)6-11(14)2-3-16(19)21/h11-19,21H,2-10H2,1H3. The van der Waals surface area contributed by atoms with Crippen molar-refractivity contribution >= 4 is 0 Å². The summed E-state index contributed by atoms with van der Waals surface area (Å²) in [6.45, 7) is 2.82. The van der Waals surface area contributed by atoms with Crippen LogP contribution in [-0.2, 0) is 14.2 Å². The van der Waals surface area contributed by atoms with Gasteiger partial charge in [0.15, 0.2) is 0 Å². The molecule has 3 saturated heterocycles. The number of nitrogens with zero attached hydrogens (tertiary/aromatic N) is 1. The molecule has 1 N–H and O–H groups in total. The lowest BCUT2D eigenvalue weighted by molar-refractivity contribution is -0.140. The summed E-state index contributed by atoms with van der Waals surface area (Å²) in [7, 11) is 1.77. The molecule has 2 saturated carbocycles. The normalized spacial score (nSPS) is 54.5. The average molecular weight is 337 g/mol. The highest BCUT2D eigenvalue weighted by Gasteiger charge is 2.52. The van der Waals surface area contributed by atoms with Crippen LogP contribution in [0.15, 0.2) is 0 Å². The monoisotopic (exact) mass is 337 g/mol. The van der Waals surface area contributed by atoms with Crippen LogP contribution < -0.4 is 0 Å². The molecule has 0 aromatic heterocycles. The smallest absolute Gasteiger partial charge is 0.147 e. The first-order chi connectivity index (χ1) is 11.7. The van der Waals surface area contributed by atoms with Crippen molar-refractivity contribution in [3.8, 4) is 0 Å². The Hall–Kier alpha value is -0.200. The minimum absolute atomic E-state index is 0.0322. The quantitative estimate of drug-likeness (QED) is 0.788. The van der Waals surface area contributed by atoms with Crippen molar-refractivity contribution in [2.45, 2.75) is 69.0 Å². The lowest BCUT2D eigenvalue weighted by Crippen LogP contribution is -2.61. The van der Waals surface area contributed by atoms with E-state index in [4.69, 9.17) is 14.2 Å². The van der Waals surface area contributed by atoms with Crippen molar-refractivity contribution in [1.29, 1.82) is 0 Å². The third-order valence-electron chi connectivity index (χ3n) is 7.88. The van der Waals surface area contributed by atoms with E-state index in [2.05, 4.69) is 4.90 Å². The summed E-state index contributed by atoms with van der Waals surface area (Å²) in [4.78, 5) is 2.72. The molecule has 5 fully saturated rings. The highest BCUT2D eigenvalue weighted by Crippen LogP contribution is 2.49. The number of rotatable bonds is 1. The molecule has 0 bridgehead atoms. The highest BCUT2D eigenvalue weighted by atomic mass is 16.7. The van der Waals surface area contributed by atoms with Crippen LogP contribution >= 0.6 is 0 Å². The molecule has 9 unspecified atom stereocenters. The largest absolute Gasteiger partial charge is 0.390 e. The van der Waals surface area contributed by atoms with Gasteiger partial charge in [-0.15, -0.1) is 0 Å². The van der Waals surface area contributed by atoms with Crippen LogP contribution in [0.25, 0.3) is 0 Å². The highest BCUT2D eigenvalue weighted by molar-refractivity contribution is 5.03. The molecule has 5 aliphatic rings. The summed E-state index contributed by atoms with van der Waals surface area (Å²) >= 11 is 0. The predicted octanol–water partition coefficient (Wildman–Crippen LogP) is 1.63. The van der Waals surface area contributed by atoms with Gasteiger partial charge in [0.2, 0.25) is 0 Å². The number of hydrogen-bond acceptors (Lipinski definition) is 5. The van der Waals surface area contributed by atoms with E-state index < -0.39 is 0 Å². The van der Waals surface area contributed by atoms with Gasteiger partial charge in [-0.1, -0.05) is 0 Å². The molecule has 136 valence electrons.